The second kappa shape index (κ2) is 6.56. The Labute approximate surface area is 120 Å². The number of hydrogen-bond donors (Lipinski definition) is 0. The molecule has 0 fully saturated rings. The summed E-state index contributed by atoms with van der Waals surface area (Å²) in [5.41, 5.74) is 2.77. The van der Waals surface area contributed by atoms with Crippen molar-refractivity contribution in [1.29, 1.82) is 0 Å². The third-order valence-electron chi connectivity index (χ3n) is 3.98. The van der Waals surface area contributed by atoms with Gasteiger partial charge >= 0.3 is 0 Å². The van der Waals surface area contributed by atoms with Crippen molar-refractivity contribution in [3.63, 3.8) is 0 Å². The van der Waals surface area contributed by atoms with Crippen LogP contribution >= 0.6 is 11.6 Å². The maximum atomic E-state index is 14.4. The average molecular weight is 281 g/mol. The molecule has 0 amide bonds. The number of halogens is 2. The highest BCUT2D eigenvalue weighted by Gasteiger charge is 2.17. The van der Waals surface area contributed by atoms with Crippen molar-refractivity contribution in [2.75, 3.05) is 0 Å². The number of hydrogen-bond acceptors (Lipinski definition) is 0. The van der Waals surface area contributed by atoms with E-state index in [4.69, 9.17) is 11.6 Å². The van der Waals surface area contributed by atoms with E-state index in [9.17, 15) is 4.39 Å². The smallest absolute Gasteiger partial charge is 0.149 e. The first-order valence-electron chi connectivity index (χ1n) is 7.29. The monoisotopic (exact) mass is 280 g/mol. The first kappa shape index (κ1) is 14.6. The quantitative estimate of drug-likeness (QED) is 0.632. The highest BCUT2D eigenvalue weighted by atomic mass is 35.5. The minimum Gasteiger partial charge on any atom is -0.205 e. The predicted molar refractivity (Wildman–Crippen MR) is 81.0 cm³/mol. The van der Waals surface area contributed by atoms with Gasteiger partial charge < -0.3 is 0 Å². The van der Waals surface area contributed by atoms with Crippen LogP contribution in [0.1, 0.15) is 57.1 Å². The van der Waals surface area contributed by atoms with Crippen molar-refractivity contribution < 1.29 is 4.39 Å². The summed E-state index contributed by atoms with van der Waals surface area (Å²) >= 11 is 6.18. The van der Waals surface area contributed by atoms with E-state index in [2.05, 4.69) is 19.9 Å². The average Bonchev–Trinajstić information content (AvgIpc) is 2.42. The van der Waals surface area contributed by atoms with E-state index in [1.807, 2.05) is 12.1 Å². The molecule has 1 aromatic carbocycles. The molecule has 104 valence electrons. The van der Waals surface area contributed by atoms with Crippen LogP contribution in [0.3, 0.4) is 0 Å². The van der Waals surface area contributed by atoms with Crippen molar-refractivity contribution in [2.45, 2.75) is 52.4 Å². The highest BCUT2D eigenvalue weighted by molar-refractivity contribution is 6.31. The zero-order chi connectivity index (χ0) is 13.8. The van der Waals surface area contributed by atoms with E-state index >= 15 is 0 Å². The van der Waals surface area contributed by atoms with Crippen molar-refractivity contribution in [1.82, 2.24) is 0 Å². The molecule has 2 rings (SSSR count). The molecule has 1 unspecified atom stereocenters. The van der Waals surface area contributed by atoms with Crippen molar-refractivity contribution >= 4 is 17.2 Å². The van der Waals surface area contributed by atoms with Crippen LogP contribution in [-0.2, 0) is 6.42 Å². The molecule has 1 aliphatic rings. The van der Waals surface area contributed by atoms with Gasteiger partial charge in [0.25, 0.3) is 0 Å². The summed E-state index contributed by atoms with van der Waals surface area (Å²) in [7, 11) is 0. The maximum Gasteiger partial charge on any atom is 0.149 e. The molecule has 0 radical (unpaired) electrons. The molecular formula is C17H22ClF. The van der Waals surface area contributed by atoms with Gasteiger partial charge in [0.2, 0.25) is 0 Å². The molecule has 0 spiro atoms. The number of allylic oxidation sites excluding steroid dienone is 2. The molecule has 1 aromatic rings. The lowest BCUT2D eigenvalue weighted by molar-refractivity contribution is 0.531. The van der Waals surface area contributed by atoms with E-state index in [-0.39, 0.29) is 5.82 Å². The van der Waals surface area contributed by atoms with Crippen molar-refractivity contribution in [2.24, 2.45) is 5.92 Å². The number of aryl methyl sites for hydroxylation is 1. The summed E-state index contributed by atoms with van der Waals surface area (Å²) in [5, 5.41) is 0.325. The molecule has 2 heteroatoms. The van der Waals surface area contributed by atoms with Gasteiger partial charge in [0.15, 0.2) is 0 Å². The second-order valence-electron chi connectivity index (χ2n) is 5.61. The van der Waals surface area contributed by atoms with E-state index in [1.165, 1.54) is 0 Å². The summed E-state index contributed by atoms with van der Waals surface area (Å²) < 4.78 is 14.4. The van der Waals surface area contributed by atoms with E-state index in [0.29, 0.717) is 16.5 Å². The molecule has 1 aliphatic carbocycles. The Hall–Kier alpha value is -0.820. The number of rotatable bonds is 4. The third-order valence-corrected chi connectivity index (χ3v) is 4.39. The Morgan fingerprint density at radius 2 is 2.16 bits per heavy atom. The molecule has 19 heavy (non-hydrogen) atoms. The van der Waals surface area contributed by atoms with Crippen LogP contribution in [0.25, 0.3) is 5.57 Å². The van der Waals surface area contributed by atoms with Crippen LogP contribution in [-0.4, -0.2) is 0 Å². The van der Waals surface area contributed by atoms with Gasteiger partial charge in [0.1, 0.15) is 5.82 Å². The highest BCUT2D eigenvalue weighted by Crippen LogP contribution is 2.34. The number of unbranched alkanes of at least 4 members (excludes halogenated alkanes) is 1. The van der Waals surface area contributed by atoms with Crippen LogP contribution < -0.4 is 0 Å². The Morgan fingerprint density at radius 3 is 2.79 bits per heavy atom. The van der Waals surface area contributed by atoms with Gasteiger partial charge in [-0.2, -0.15) is 0 Å². The third kappa shape index (κ3) is 3.39. The molecule has 0 bridgehead atoms. The molecule has 0 heterocycles. The first-order chi connectivity index (χ1) is 9.13. The normalized spacial score (nSPS) is 19.4. The molecule has 0 aliphatic heterocycles. The Kier molecular flexibility index (Phi) is 5.04. The first-order valence-corrected chi connectivity index (χ1v) is 7.67. The molecule has 0 nitrogen and oxygen atoms in total. The van der Waals surface area contributed by atoms with Gasteiger partial charge in [0.05, 0.1) is 5.02 Å². The Morgan fingerprint density at radius 1 is 1.37 bits per heavy atom. The van der Waals surface area contributed by atoms with Crippen molar-refractivity contribution in [3.05, 3.63) is 40.2 Å². The zero-order valence-corrected chi connectivity index (χ0v) is 12.6. The van der Waals surface area contributed by atoms with E-state index < -0.39 is 0 Å². The summed E-state index contributed by atoms with van der Waals surface area (Å²) in [4.78, 5) is 0. The standard InChI is InChI=1S/C17H22ClF/c1-3-4-5-14-10-11-15(17(19)16(14)18)13-8-6-12(2)7-9-13/h8,10-12H,3-7,9H2,1-2H3. The van der Waals surface area contributed by atoms with Gasteiger partial charge in [-0.25, -0.2) is 4.39 Å². The van der Waals surface area contributed by atoms with Crippen LogP contribution in [0.15, 0.2) is 18.2 Å². The molecule has 1 atom stereocenters. The summed E-state index contributed by atoms with van der Waals surface area (Å²) in [6.07, 6.45) is 8.34. The Balaban J connectivity index is 2.26. The molecule has 0 aromatic heterocycles. The van der Waals surface area contributed by atoms with Gasteiger partial charge in [-0.05, 0) is 49.2 Å². The van der Waals surface area contributed by atoms with Crippen molar-refractivity contribution in [3.8, 4) is 0 Å². The molecule has 0 N–H and O–H groups in total. The predicted octanol–water partition coefficient (Wildman–Crippen LogP) is 6.03. The molecule has 0 saturated heterocycles. The van der Waals surface area contributed by atoms with Gasteiger partial charge in [-0.3, -0.25) is 0 Å². The summed E-state index contributed by atoms with van der Waals surface area (Å²) in [5.74, 6) is 0.488. The fraction of sp³-hybridized carbons (Fsp3) is 0.529. The lowest BCUT2D eigenvalue weighted by atomic mass is 9.87. The van der Waals surface area contributed by atoms with E-state index in [0.717, 1.165) is 49.7 Å². The lowest BCUT2D eigenvalue weighted by Crippen LogP contribution is -2.03. The minimum atomic E-state index is -0.226. The number of benzene rings is 1. The largest absolute Gasteiger partial charge is 0.205 e. The van der Waals surface area contributed by atoms with E-state index in [1.54, 1.807) is 0 Å². The Bertz CT molecular complexity index is 476. The second-order valence-corrected chi connectivity index (χ2v) is 5.99. The van der Waals surface area contributed by atoms with Gasteiger partial charge in [-0.1, -0.05) is 50.1 Å². The van der Waals surface area contributed by atoms with Gasteiger partial charge in [-0.15, -0.1) is 0 Å². The van der Waals surface area contributed by atoms with Crippen LogP contribution in [0.4, 0.5) is 4.39 Å². The zero-order valence-electron chi connectivity index (χ0n) is 11.8. The molecular weight excluding hydrogens is 259 g/mol. The maximum absolute atomic E-state index is 14.4. The fourth-order valence-electron chi connectivity index (χ4n) is 2.61. The SMILES string of the molecule is CCCCc1ccc(C2=CCC(C)CC2)c(F)c1Cl. The van der Waals surface area contributed by atoms with Crippen LogP contribution in [0, 0.1) is 11.7 Å². The molecule has 0 saturated carbocycles. The lowest BCUT2D eigenvalue weighted by Gasteiger charge is -2.19. The fourth-order valence-corrected chi connectivity index (χ4v) is 2.87. The van der Waals surface area contributed by atoms with Crippen LogP contribution in [0.2, 0.25) is 5.02 Å². The van der Waals surface area contributed by atoms with Gasteiger partial charge in [0, 0.05) is 5.56 Å². The minimum absolute atomic E-state index is 0.226. The topological polar surface area (TPSA) is 0 Å². The summed E-state index contributed by atoms with van der Waals surface area (Å²) in [6, 6.07) is 3.91. The summed E-state index contributed by atoms with van der Waals surface area (Å²) in [6.45, 7) is 4.37. The van der Waals surface area contributed by atoms with Crippen LogP contribution in [0.5, 0.6) is 0 Å².